The van der Waals surface area contributed by atoms with E-state index in [9.17, 15) is 0 Å². The molecule has 3 heteroatoms. The van der Waals surface area contributed by atoms with E-state index in [0.717, 1.165) is 3.93 Å². The summed E-state index contributed by atoms with van der Waals surface area (Å²) in [5, 5.41) is 0. The molecule has 0 saturated heterocycles. The second-order valence-corrected chi connectivity index (χ2v) is 108. The molecule has 0 bridgehead atoms. The molecule has 0 aromatic carbocycles. The van der Waals surface area contributed by atoms with Gasteiger partial charge in [0.2, 0.25) is 0 Å². The molecule has 0 aromatic heterocycles. The van der Waals surface area contributed by atoms with Gasteiger partial charge in [-0.3, -0.25) is 0 Å². The first-order chi connectivity index (χ1) is 6.19. The monoisotopic (exact) mass is 538 g/mol. The summed E-state index contributed by atoms with van der Waals surface area (Å²) >= 11 is -3.99. The summed E-state index contributed by atoms with van der Waals surface area (Å²) < 4.78 is 1.01. The van der Waals surface area contributed by atoms with E-state index >= 15 is 0 Å². The second-order valence-electron chi connectivity index (χ2n) is 8.02. The van der Waals surface area contributed by atoms with Crippen molar-refractivity contribution in [1.29, 1.82) is 0 Å². The van der Waals surface area contributed by atoms with Gasteiger partial charge < -0.3 is 0 Å². The van der Waals surface area contributed by atoms with Crippen molar-refractivity contribution in [2.24, 2.45) is 0 Å². The van der Waals surface area contributed by atoms with Crippen molar-refractivity contribution >= 4 is 47.2 Å². The van der Waals surface area contributed by atoms with Crippen LogP contribution in [-0.2, 0) is 0 Å². The van der Waals surface area contributed by atoms with Crippen molar-refractivity contribution < 1.29 is 0 Å². The SMILES string of the molecule is C[CH](C)[Sn]([CH3])([CH3])[CH3].[CH3][Sn]([CH3])([CH3])[Sn]([CH3])([CH3])[CH3]. The van der Waals surface area contributed by atoms with E-state index in [4.69, 9.17) is 0 Å². The third kappa shape index (κ3) is 11.2. The van der Waals surface area contributed by atoms with Crippen molar-refractivity contribution in [2.45, 2.75) is 62.2 Å². The average Bonchev–Trinajstić information content (AvgIpc) is 1.80. The van der Waals surface area contributed by atoms with Crippen LogP contribution in [0.2, 0.25) is 48.4 Å². The van der Waals surface area contributed by atoms with Gasteiger partial charge in [-0.05, 0) is 0 Å². The molecule has 15 heavy (non-hydrogen) atoms. The first kappa shape index (κ1) is 19.7. The maximum atomic E-state index is 2.57. The molecule has 0 saturated carbocycles. The van der Waals surface area contributed by atoms with E-state index in [-0.39, 0.29) is 0 Å². The Hall–Kier alpha value is 2.40. The van der Waals surface area contributed by atoms with Crippen molar-refractivity contribution in [1.82, 2.24) is 0 Å². The molecule has 0 heterocycles. The zero-order chi connectivity index (χ0) is 13.1. The third-order valence-corrected chi connectivity index (χ3v) is 113. The van der Waals surface area contributed by atoms with Gasteiger partial charge in [-0.15, -0.1) is 0 Å². The minimum atomic E-state index is -1.37. The van der Waals surface area contributed by atoms with E-state index in [1.165, 1.54) is 0 Å². The van der Waals surface area contributed by atoms with Crippen LogP contribution in [0.4, 0.5) is 0 Å². The van der Waals surface area contributed by atoms with Crippen LogP contribution in [0.3, 0.4) is 0 Å². The van der Waals surface area contributed by atoms with Gasteiger partial charge in [0, 0.05) is 0 Å². The van der Waals surface area contributed by atoms with Crippen LogP contribution in [0.5, 0.6) is 0 Å². The van der Waals surface area contributed by atoms with E-state index in [1.54, 1.807) is 0 Å². The molecule has 0 atom stereocenters. The van der Waals surface area contributed by atoms with Crippen LogP contribution >= 0.6 is 0 Å². The van der Waals surface area contributed by atoms with Crippen LogP contribution in [0, 0.1) is 0 Å². The molecule has 0 aliphatic rings. The Morgan fingerprint density at radius 3 is 0.667 bits per heavy atom. The van der Waals surface area contributed by atoms with Crippen LogP contribution in [0.15, 0.2) is 0 Å². The molecule has 0 radical (unpaired) electrons. The fourth-order valence-electron chi connectivity index (χ4n) is 0. The number of hydrogen-bond donors (Lipinski definition) is 0. The molecule has 0 amide bonds. The molecule has 0 N–H and O–H groups in total. The molecule has 0 fully saturated rings. The Morgan fingerprint density at radius 2 is 0.667 bits per heavy atom. The summed E-state index contributed by atoms with van der Waals surface area (Å²) in [6.07, 6.45) is 0. The normalized spacial score (nSPS) is 13.6. The molecule has 0 spiro atoms. The van der Waals surface area contributed by atoms with Crippen LogP contribution in [0.1, 0.15) is 13.8 Å². The molecule has 0 nitrogen and oxygen atoms in total. The van der Waals surface area contributed by atoms with E-state index in [1.807, 2.05) is 0 Å². The first-order valence-electron chi connectivity index (χ1n) is 6.19. The number of rotatable bonds is 2. The molecular formula is C12H34Sn3. The van der Waals surface area contributed by atoms with E-state index in [0.29, 0.717) is 0 Å². The average molecular weight is 535 g/mol. The fraction of sp³-hybridized carbons (Fsp3) is 1.00. The van der Waals surface area contributed by atoms with Crippen LogP contribution < -0.4 is 0 Å². The third-order valence-electron chi connectivity index (χ3n) is 3.98. The quantitative estimate of drug-likeness (QED) is 0.412. The topological polar surface area (TPSA) is 0 Å². The van der Waals surface area contributed by atoms with Crippen LogP contribution in [0.25, 0.3) is 0 Å². The molecule has 0 unspecified atom stereocenters. The molecule has 94 valence electrons. The summed E-state index contributed by atoms with van der Waals surface area (Å²) in [5.74, 6) is 0. The molecule has 0 aliphatic carbocycles. The Bertz CT molecular complexity index is 153. The maximum absolute atomic E-state index is 2.57. The summed E-state index contributed by atoms with van der Waals surface area (Å²) in [4.78, 5) is 22.9. The molecular weight excluding hydrogens is 500 g/mol. The second kappa shape index (κ2) is 7.10. The van der Waals surface area contributed by atoms with Gasteiger partial charge in [0.25, 0.3) is 0 Å². The standard InChI is InChI=1S/C3H7.9CH3.3Sn/c1-3-2;;;;;;;;;;;;/h3H,1-2H3;9*1H3;;;. The van der Waals surface area contributed by atoms with E-state index in [2.05, 4.69) is 58.3 Å². The molecule has 0 aliphatic heterocycles. The predicted molar refractivity (Wildman–Crippen MR) is 85.1 cm³/mol. The van der Waals surface area contributed by atoms with Gasteiger partial charge in [-0.25, -0.2) is 0 Å². The van der Waals surface area contributed by atoms with Crippen molar-refractivity contribution in [2.75, 3.05) is 0 Å². The summed E-state index contributed by atoms with van der Waals surface area (Å²) in [6, 6.07) is 0. The summed E-state index contributed by atoms with van der Waals surface area (Å²) in [6.45, 7) is 4.69. The van der Waals surface area contributed by atoms with Gasteiger partial charge in [-0.2, -0.15) is 0 Å². The van der Waals surface area contributed by atoms with Gasteiger partial charge >= 0.3 is 109 Å². The molecule has 0 aromatic rings. The van der Waals surface area contributed by atoms with Gasteiger partial charge in [-0.1, -0.05) is 0 Å². The van der Waals surface area contributed by atoms with Crippen molar-refractivity contribution in [3.8, 4) is 0 Å². The summed E-state index contributed by atoms with van der Waals surface area (Å²) in [7, 11) is 0. The molecule has 0 rings (SSSR count). The fourth-order valence-corrected chi connectivity index (χ4v) is 0. The predicted octanol–water partition coefficient (Wildman–Crippen LogP) is 5.48. The zero-order valence-electron chi connectivity index (χ0n) is 13.1. The zero-order valence-corrected chi connectivity index (χ0v) is 21.6. The van der Waals surface area contributed by atoms with Crippen molar-refractivity contribution in [3.63, 3.8) is 0 Å². The Morgan fingerprint density at radius 1 is 0.533 bits per heavy atom. The summed E-state index contributed by atoms with van der Waals surface area (Å²) in [5.41, 5.74) is 0. The van der Waals surface area contributed by atoms with Gasteiger partial charge in [0.1, 0.15) is 0 Å². The van der Waals surface area contributed by atoms with Crippen molar-refractivity contribution in [3.05, 3.63) is 0 Å². The van der Waals surface area contributed by atoms with Gasteiger partial charge in [0.05, 0.1) is 0 Å². The number of hydrogen-bond acceptors (Lipinski definition) is 0. The Kier molecular flexibility index (Phi) is 9.34. The van der Waals surface area contributed by atoms with Crippen LogP contribution in [-0.4, -0.2) is 47.2 Å². The van der Waals surface area contributed by atoms with Gasteiger partial charge in [0.15, 0.2) is 0 Å². The first-order valence-corrected chi connectivity index (χ1v) is 44.5. The van der Waals surface area contributed by atoms with E-state index < -0.39 is 47.2 Å². The minimum absolute atomic E-state index is 1.01. The Balaban J connectivity index is 0. The Labute approximate surface area is 108 Å².